The number of anilines is 1. The first-order chi connectivity index (χ1) is 8.14. The Labute approximate surface area is 109 Å². The third-order valence-corrected chi connectivity index (χ3v) is 2.50. The van der Waals surface area contributed by atoms with Gasteiger partial charge in [0.1, 0.15) is 5.82 Å². The van der Waals surface area contributed by atoms with Crippen LogP contribution in [-0.2, 0) is 6.18 Å². The van der Waals surface area contributed by atoms with E-state index in [9.17, 15) is 13.2 Å². The highest BCUT2D eigenvalue weighted by Crippen LogP contribution is 2.30. The fourth-order valence-corrected chi connectivity index (χ4v) is 1.84. The lowest BCUT2D eigenvalue weighted by molar-refractivity contribution is -0.141. The molecule has 0 aliphatic carbocycles. The monoisotopic (exact) mass is 281 g/mol. The molecule has 0 fully saturated rings. The summed E-state index contributed by atoms with van der Waals surface area (Å²) in [4.78, 5) is 6.93. The lowest BCUT2D eigenvalue weighted by Gasteiger charge is -2.26. The Bertz CT molecular complexity index is 418. The van der Waals surface area contributed by atoms with Crippen LogP contribution >= 0.6 is 11.6 Å². The highest BCUT2D eigenvalue weighted by Gasteiger charge is 2.34. The summed E-state index contributed by atoms with van der Waals surface area (Å²) in [5.74, 6) is 0.0841. The van der Waals surface area contributed by atoms with Crippen molar-refractivity contribution in [1.29, 1.82) is 0 Å². The average molecular weight is 282 g/mol. The van der Waals surface area contributed by atoms with Crippen LogP contribution in [0.25, 0.3) is 0 Å². The quantitative estimate of drug-likeness (QED) is 0.843. The minimum atomic E-state index is -4.53. The minimum Gasteiger partial charge on any atom is -0.365 e. The normalized spacial score (nSPS) is 12.6. The summed E-state index contributed by atoms with van der Waals surface area (Å²) in [5.41, 5.74) is -1.40. The Kier molecular flexibility index (Phi) is 4.42. The highest BCUT2D eigenvalue weighted by molar-refractivity contribution is 6.28. The fraction of sp³-hybridized carbons (Fsp3) is 0.636. The number of aromatic nitrogens is 2. The van der Waals surface area contributed by atoms with Gasteiger partial charge >= 0.3 is 6.18 Å². The van der Waals surface area contributed by atoms with Gasteiger partial charge < -0.3 is 5.32 Å². The molecule has 1 aromatic rings. The van der Waals surface area contributed by atoms with Crippen LogP contribution in [0.2, 0.25) is 5.28 Å². The van der Waals surface area contributed by atoms with Gasteiger partial charge in [0.2, 0.25) is 5.28 Å². The summed E-state index contributed by atoms with van der Waals surface area (Å²) in [6, 6.07) is 0.864. The topological polar surface area (TPSA) is 37.8 Å². The average Bonchev–Trinajstić information content (AvgIpc) is 2.13. The molecule has 0 saturated heterocycles. The van der Waals surface area contributed by atoms with Gasteiger partial charge in [-0.2, -0.15) is 13.2 Å². The van der Waals surface area contributed by atoms with Crippen molar-refractivity contribution in [2.45, 2.75) is 45.3 Å². The molecule has 0 radical (unpaired) electrons. The Balaban J connectivity index is 3.00. The molecule has 102 valence electrons. The summed E-state index contributed by atoms with van der Waals surface area (Å²) >= 11 is 5.50. The molecule has 1 heterocycles. The number of alkyl halides is 3. The molecule has 0 aliphatic heterocycles. The molecule has 0 amide bonds. The Morgan fingerprint density at radius 3 is 2.39 bits per heavy atom. The first-order valence-electron chi connectivity index (χ1n) is 5.54. The smallest absolute Gasteiger partial charge is 0.365 e. The van der Waals surface area contributed by atoms with Crippen molar-refractivity contribution >= 4 is 17.4 Å². The molecule has 0 bridgehead atoms. The zero-order valence-corrected chi connectivity index (χ0v) is 11.2. The van der Waals surface area contributed by atoms with Crippen LogP contribution in [0, 0.1) is 0 Å². The molecule has 7 heteroatoms. The van der Waals surface area contributed by atoms with Crippen LogP contribution in [0.4, 0.5) is 19.0 Å². The standard InChI is InChI=1S/C11H15ClF3N3/c1-4-5-10(2,3)18-8-6-7(11(13,14)15)16-9(12)17-8/h6H,4-5H2,1-3H3,(H,16,17,18). The van der Waals surface area contributed by atoms with Gasteiger partial charge in [0.25, 0.3) is 0 Å². The molecule has 0 aromatic carbocycles. The van der Waals surface area contributed by atoms with Crippen LogP contribution in [0.1, 0.15) is 39.3 Å². The number of hydrogen-bond donors (Lipinski definition) is 1. The third-order valence-electron chi connectivity index (χ3n) is 2.33. The number of hydrogen-bond acceptors (Lipinski definition) is 3. The van der Waals surface area contributed by atoms with Gasteiger partial charge in [0.05, 0.1) is 0 Å². The van der Waals surface area contributed by atoms with Crippen molar-refractivity contribution in [1.82, 2.24) is 9.97 Å². The van der Waals surface area contributed by atoms with Crippen molar-refractivity contribution < 1.29 is 13.2 Å². The second-order valence-electron chi connectivity index (χ2n) is 4.66. The van der Waals surface area contributed by atoms with Crippen molar-refractivity contribution in [3.05, 3.63) is 17.0 Å². The maximum absolute atomic E-state index is 12.6. The van der Waals surface area contributed by atoms with E-state index >= 15 is 0 Å². The number of rotatable bonds is 4. The van der Waals surface area contributed by atoms with Crippen molar-refractivity contribution in [2.24, 2.45) is 0 Å². The summed E-state index contributed by atoms with van der Waals surface area (Å²) in [6.45, 7) is 5.77. The molecule has 0 saturated carbocycles. The molecule has 0 spiro atoms. The van der Waals surface area contributed by atoms with Gasteiger partial charge in [-0.05, 0) is 31.9 Å². The summed E-state index contributed by atoms with van der Waals surface area (Å²) < 4.78 is 37.7. The largest absolute Gasteiger partial charge is 0.433 e. The SMILES string of the molecule is CCCC(C)(C)Nc1cc(C(F)(F)F)nc(Cl)n1. The number of nitrogens with one attached hydrogen (secondary N) is 1. The van der Waals surface area contributed by atoms with E-state index in [2.05, 4.69) is 15.3 Å². The van der Waals surface area contributed by atoms with Gasteiger partial charge in [0.15, 0.2) is 5.69 Å². The maximum atomic E-state index is 12.6. The first kappa shape index (κ1) is 15.0. The van der Waals surface area contributed by atoms with E-state index in [0.717, 1.165) is 18.9 Å². The van der Waals surface area contributed by atoms with E-state index in [4.69, 9.17) is 11.6 Å². The molecular weight excluding hydrogens is 267 g/mol. The van der Waals surface area contributed by atoms with Crippen LogP contribution in [0.5, 0.6) is 0 Å². The first-order valence-corrected chi connectivity index (χ1v) is 5.92. The van der Waals surface area contributed by atoms with Gasteiger partial charge in [-0.25, -0.2) is 9.97 Å². The van der Waals surface area contributed by atoms with E-state index in [1.54, 1.807) is 0 Å². The third kappa shape index (κ3) is 4.33. The highest BCUT2D eigenvalue weighted by atomic mass is 35.5. The summed E-state index contributed by atoms with van der Waals surface area (Å²) in [7, 11) is 0. The maximum Gasteiger partial charge on any atom is 0.433 e. The van der Waals surface area contributed by atoms with Gasteiger partial charge in [-0.15, -0.1) is 0 Å². The van der Waals surface area contributed by atoms with E-state index in [1.165, 1.54) is 0 Å². The Morgan fingerprint density at radius 1 is 1.28 bits per heavy atom. The lowest BCUT2D eigenvalue weighted by Crippen LogP contribution is -2.31. The summed E-state index contributed by atoms with van der Waals surface area (Å²) in [6.07, 6.45) is -2.82. The zero-order valence-electron chi connectivity index (χ0n) is 10.4. The lowest BCUT2D eigenvalue weighted by atomic mass is 9.99. The predicted molar refractivity (Wildman–Crippen MR) is 64.7 cm³/mol. The van der Waals surface area contributed by atoms with E-state index in [1.807, 2.05) is 20.8 Å². The van der Waals surface area contributed by atoms with Crippen LogP contribution < -0.4 is 5.32 Å². The molecule has 0 aliphatic rings. The number of nitrogens with zero attached hydrogens (tertiary/aromatic N) is 2. The minimum absolute atomic E-state index is 0.0841. The molecular formula is C11H15ClF3N3. The molecule has 1 rings (SSSR count). The van der Waals surface area contributed by atoms with Crippen LogP contribution in [0.3, 0.4) is 0 Å². The summed E-state index contributed by atoms with van der Waals surface area (Å²) in [5, 5.41) is 2.52. The van der Waals surface area contributed by atoms with Gasteiger partial charge in [-0.1, -0.05) is 13.3 Å². The Morgan fingerprint density at radius 2 is 1.89 bits per heavy atom. The van der Waals surface area contributed by atoms with Crippen molar-refractivity contribution in [3.8, 4) is 0 Å². The zero-order chi connectivity index (χ0) is 14.0. The van der Waals surface area contributed by atoms with E-state index in [-0.39, 0.29) is 11.4 Å². The van der Waals surface area contributed by atoms with Crippen molar-refractivity contribution in [2.75, 3.05) is 5.32 Å². The Hall–Kier alpha value is -1.04. The molecule has 0 atom stereocenters. The molecule has 3 nitrogen and oxygen atoms in total. The predicted octanol–water partition coefficient (Wildman–Crippen LogP) is 4.14. The second kappa shape index (κ2) is 5.30. The van der Waals surface area contributed by atoms with Crippen LogP contribution in [-0.4, -0.2) is 15.5 Å². The molecule has 0 unspecified atom stereocenters. The van der Waals surface area contributed by atoms with E-state index in [0.29, 0.717) is 0 Å². The van der Waals surface area contributed by atoms with Crippen molar-refractivity contribution in [3.63, 3.8) is 0 Å². The van der Waals surface area contributed by atoms with Gasteiger partial charge in [0, 0.05) is 11.6 Å². The molecule has 18 heavy (non-hydrogen) atoms. The van der Waals surface area contributed by atoms with Crippen LogP contribution in [0.15, 0.2) is 6.07 Å². The fourth-order valence-electron chi connectivity index (χ4n) is 1.66. The second-order valence-corrected chi connectivity index (χ2v) is 5.00. The molecule has 1 aromatic heterocycles. The van der Waals surface area contributed by atoms with Gasteiger partial charge in [-0.3, -0.25) is 0 Å². The van der Waals surface area contributed by atoms with E-state index < -0.39 is 17.2 Å². The molecule has 1 N–H and O–H groups in total. The number of halogens is 4.